The van der Waals surface area contributed by atoms with Crippen LogP contribution in [0.2, 0.25) is 0 Å². The van der Waals surface area contributed by atoms with E-state index in [1.165, 1.54) is 0 Å². The zero-order valence-corrected chi connectivity index (χ0v) is 13.0. The summed E-state index contributed by atoms with van der Waals surface area (Å²) in [7, 11) is -3.24. The summed E-state index contributed by atoms with van der Waals surface area (Å²) in [5.74, 6) is -0.832. The van der Waals surface area contributed by atoms with Gasteiger partial charge in [-0.15, -0.1) is 0 Å². The molecule has 18 heavy (non-hydrogen) atoms. The Bertz CT molecular complexity index is 416. The van der Waals surface area contributed by atoms with Crippen LogP contribution in [-0.2, 0) is 14.6 Å². The summed E-state index contributed by atoms with van der Waals surface area (Å²) >= 11 is 4.84. The molecule has 0 fully saturated rings. The van der Waals surface area contributed by atoms with Crippen LogP contribution in [0.25, 0.3) is 0 Å². The van der Waals surface area contributed by atoms with E-state index in [-0.39, 0.29) is 17.4 Å². The van der Waals surface area contributed by atoms with Crippen molar-refractivity contribution in [1.29, 1.82) is 0 Å². The summed E-state index contributed by atoms with van der Waals surface area (Å²) in [6, 6.07) is 0. The number of hydrogen-bond acceptors (Lipinski definition) is 4. The number of nitrogens with two attached hydrogens (primary N) is 1. The van der Waals surface area contributed by atoms with Gasteiger partial charge in [0.25, 0.3) is 0 Å². The van der Waals surface area contributed by atoms with Crippen molar-refractivity contribution in [3.63, 3.8) is 0 Å². The minimum Gasteiger partial charge on any atom is -0.393 e. The number of carbonyl (C=O) groups excluding carboxylic acids is 1. The lowest BCUT2D eigenvalue weighted by Crippen LogP contribution is -2.47. The van der Waals surface area contributed by atoms with E-state index < -0.39 is 20.5 Å². The molecule has 0 rings (SSSR count). The SMILES string of the molecule is CCCC(C(=O)NCC(C)(C)S(C)(=O)=O)C(N)=S. The first kappa shape index (κ1) is 17.3. The van der Waals surface area contributed by atoms with Crippen molar-refractivity contribution in [3.8, 4) is 0 Å². The van der Waals surface area contributed by atoms with Crippen molar-refractivity contribution >= 4 is 33.0 Å². The molecule has 0 heterocycles. The number of rotatable bonds is 7. The highest BCUT2D eigenvalue weighted by Crippen LogP contribution is 2.14. The van der Waals surface area contributed by atoms with Gasteiger partial charge in [-0.1, -0.05) is 25.6 Å². The summed E-state index contributed by atoms with van der Waals surface area (Å²) in [4.78, 5) is 12.0. The minimum absolute atomic E-state index is 0.0491. The summed E-state index contributed by atoms with van der Waals surface area (Å²) in [5.41, 5.74) is 5.50. The van der Waals surface area contributed by atoms with Crippen LogP contribution in [0.5, 0.6) is 0 Å². The Labute approximate surface area is 114 Å². The topological polar surface area (TPSA) is 89.3 Å². The molecular weight excluding hydrogens is 272 g/mol. The van der Waals surface area contributed by atoms with E-state index >= 15 is 0 Å². The van der Waals surface area contributed by atoms with E-state index in [1.54, 1.807) is 13.8 Å². The molecule has 3 N–H and O–H groups in total. The van der Waals surface area contributed by atoms with Gasteiger partial charge in [0.05, 0.1) is 15.7 Å². The van der Waals surface area contributed by atoms with Gasteiger partial charge in [0.2, 0.25) is 5.91 Å². The predicted octanol–water partition coefficient (Wildman–Crippen LogP) is 0.628. The summed E-state index contributed by atoms with van der Waals surface area (Å²) in [6.45, 7) is 5.11. The van der Waals surface area contributed by atoms with Gasteiger partial charge in [-0.05, 0) is 20.3 Å². The molecule has 0 aromatic rings. The first-order valence-corrected chi connectivity index (χ1v) is 8.09. The number of carbonyl (C=O) groups is 1. The van der Waals surface area contributed by atoms with E-state index in [2.05, 4.69) is 5.32 Å². The molecule has 7 heteroatoms. The van der Waals surface area contributed by atoms with Crippen LogP contribution in [0.3, 0.4) is 0 Å². The number of hydrogen-bond donors (Lipinski definition) is 2. The molecule has 1 atom stereocenters. The third kappa shape index (κ3) is 4.89. The fraction of sp³-hybridized carbons (Fsp3) is 0.818. The monoisotopic (exact) mass is 294 g/mol. The first-order valence-electron chi connectivity index (χ1n) is 5.79. The Balaban J connectivity index is 4.64. The smallest absolute Gasteiger partial charge is 0.229 e. The predicted molar refractivity (Wildman–Crippen MR) is 77.1 cm³/mol. The standard InChI is InChI=1S/C11H22N2O3S2/c1-5-6-8(9(12)17)10(14)13-7-11(2,3)18(4,15)16/h8H,5-7H2,1-4H3,(H2,12,17)(H,13,14). The van der Waals surface area contributed by atoms with Crippen molar-refractivity contribution in [2.75, 3.05) is 12.8 Å². The lowest BCUT2D eigenvalue weighted by Gasteiger charge is -2.24. The number of nitrogens with one attached hydrogen (secondary N) is 1. The molecule has 0 spiro atoms. The van der Waals surface area contributed by atoms with Crippen molar-refractivity contribution in [3.05, 3.63) is 0 Å². The van der Waals surface area contributed by atoms with Gasteiger partial charge in [0.1, 0.15) is 0 Å². The van der Waals surface area contributed by atoms with Crippen LogP contribution in [0, 0.1) is 5.92 Å². The van der Waals surface area contributed by atoms with E-state index in [0.717, 1.165) is 12.7 Å². The molecular formula is C11H22N2O3S2. The van der Waals surface area contributed by atoms with Crippen molar-refractivity contribution in [2.24, 2.45) is 11.7 Å². The molecule has 0 aliphatic heterocycles. The van der Waals surface area contributed by atoms with Gasteiger partial charge in [0, 0.05) is 12.8 Å². The van der Waals surface area contributed by atoms with Gasteiger partial charge < -0.3 is 11.1 Å². The quantitative estimate of drug-likeness (QED) is 0.672. The number of thiocarbonyl (C=S) groups is 1. The first-order chi connectivity index (χ1) is 8.03. The minimum atomic E-state index is -3.24. The molecule has 0 bridgehead atoms. The molecule has 0 radical (unpaired) electrons. The third-order valence-corrected chi connectivity index (χ3v) is 5.37. The Morgan fingerprint density at radius 1 is 1.44 bits per heavy atom. The number of sulfone groups is 1. The molecule has 5 nitrogen and oxygen atoms in total. The average molecular weight is 294 g/mol. The van der Waals surface area contributed by atoms with E-state index in [9.17, 15) is 13.2 Å². The Morgan fingerprint density at radius 2 is 1.94 bits per heavy atom. The van der Waals surface area contributed by atoms with Gasteiger partial charge in [0.15, 0.2) is 9.84 Å². The van der Waals surface area contributed by atoms with Crippen molar-refractivity contribution in [2.45, 2.75) is 38.4 Å². The maximum absolute atomic E-state index is 11.9. The maximum atomic E-state index is 11.9. The normalized spacial score (nSPS) is 14.0. The Kier molecular flexibility index (Phi) is 6.22. The molecule has 1 unspecified atom stereocenters. The van der Waals surface area contributed by atoms with Crippen LogP contribution in [0.1, 0.15) is 33.6 Å². The zero-order chi connectivity index (χ0) is 14.6. The zero-order valence-electron chi connectivity index (χ0n) is 11.3. The van der Waals surface area contributed by atoms with Crippen molar-refractivity contribution < 1.29 is 13.2 Å². The van der Waals surface area contributed by atoms with E-state index in [4.69, 9.17) is 18.0 Å². The van der Waals surface area contributed by atoms with Gasteiger partial charge in [-0.2, -0.15) is 0 Å². The highest BCUT2D eigenvalue weighted by molar-refractivity contribution is 7.92. The fourth-order valence-electron chi connectivity index (χ4n) is 1.25. The van der Waals surface area contributed by atoms with Crippen LogP contribution < -0.4 is 11.1 Å². The van der Waals surface area contributed by atoms with Crippen LogP contribution >= 0.6 is 12.2 Å². The molecule has 0 aromatic carbocycles. The second kappa shape index (κ2) is 6.47. The van der Waals surface area contributed by atoms with E-state index in [0.29, 0.717) is 6.42 Å². The molecule has 0 aliphatic rings. The van der Waals surface area contributed by atoms with Gasteiger partial charge >= 0.3 is 0 Å². The Morgan fingerprint density at radius 3 is 2.28 bits per heavy atom. The molecule has 0 saturated carbocycles. The largest absolute Gasteiger partial charge is 0.393 e. The molecule has 1 amide bonds. The summed E-state index contributed by atoms with van der Waals surface area (Å²) in [5, 5.41) is 2.61. The van der Waals surface area contributed by atoms with Crippen LogP contribution in [0.4, 0.5) is 0 Å². The number of amides is 1. The summed E-state index contributed by atoms with van der Waals surface area (Å²) in [6.07, 6.45) is 2.50. The van der Waals surface area contributed by atoms with Crippen molar-refractivity contribution in [1.82, 2.24) is 5.32 Å². The second-order valence-corrected chi connectivity index (χ2v) is 8.11. The van der Waals surface area contributed by atoms with Gasteiger partial charge in [-0.25, -0.2) is 8.42 Å². The highest BCUT2D eigenvalue weighted by atomic mass is 32.2. The summed E-state index contributed by atoms with van der Waals surface area (Å²) < 4.78 is 22.0. The molecule has 0 saturated heterocycles. The van der Waals surface area contributed by atoms with Gasteiger partial charge in [-0.3, -0.25) is 4.79 Å². The average Bonchev–Trinajstić information content (AvgIpc) is 2.20. The molecule has 0 aliphatic carbocycles. The Hall–Kier alpha value is -0.690. The fourth-order valence-corrected chi connectivity index (χ4v) is 1.80. The van der Waals surface area contributed by atoms with E-state index in [1.807, 2.05) is 6.92 Å². The molecule has 0 aromatic heterocycles. The molecule has 106 valence electrons. The highest BCUT2D eigenvalue weighted by Gasteiger charge is 2.31. The van der Waals surface area contributed by atoms with Crippen LogP contribution in [0.15, 0.2) is 0 Å². The second-order valence-electron chi connectivity index (χ2n) is 4.99. The maximum Gasteiger partial charge on any atom is 0.229 e. The van der Waals surface area contributed by atoms with Crippen LogP contribution in [-0.4, -0.2) is 36.9 Å². The third-order valence-electron chi connectivity index (χ3n) is 2.93. The lowest BCUT2D eigenvalue weighted by molar-refractivity contribution is -0.123. The lowest BCUT2D eigenvalue weighted by atomic mass is 10.0.